The second-order valence-electron chi connectivity index (χ2n) is 12.0. The highest BCUT2D eigenvalue weighted by Gasteiger charge is 2.30. The van der Waals surface area contributed by atoms with Crippen LogP contribution in [0.1, 0.15) is 34.1 Å². The molecule has 6 rings (SSSR count). The van der Waals surface area contributed by atoms with Gasteiger partial charge >= 0.3 is 0 Å². The number of halogens is 1. The molecule has 8 heteroatoms. The van der Waals surface area contributed by atoms with E-state index in [1.54, 1.807) is 0 Å². The maximum atomic E-state index is 13.3. The van der Waals surface area contributed by atoms with Crippen LogP contribution in [-0.2, 0) is 9.59 Å². The highest BCUT2D eigenvalue weighted by atomic mass is 35.5. The standard InChI is InChI=1S/C21H25ClN2O2.C18H20N2O/c22-15-19(25)16-23-11-13-24(14-12-23)21(26)20(17-7-3-1-4-8-17)18-9-5-2-6-10-18;21-18(20-13-11-19-12-14-20)17(15-7-3-1-4-8-15)16-9-5-2-6-10-16/h1-10,19-20,25H,11-16H2;1-10,17,19H,11-14H2/t19-;/m0./s1. The second-order valence-corrected chi connectivity index (χ2v) is 12.3. The normalized spacial score (nSPS) is 16.0. The van der Waals surface area contributed by atoms with Crippen LogP contribution in [0.3, 0.4) is 0 Å². The highest BCUT2D eigenvalue weighted by molar-refractivity contribution is 6.18. The summed E-state index contributed by atoms with van der Waals surface area (Å²) >= 11 is 5.69. The molecule has 0 unspecified atom stereocenters. The molecule has 0 aliphatic carbocycles. The predicted molar refractivity (Wildman–Crippen MR) is 189 cm³/mol. The number of carbonyl (C=O) groups is 2. The summed E-state index contributed by atoms with van der Waals surface area (Å²) in [5, 5.41) is 13.0. The minimum atomic E-state index is -0.514. The lowest BCUT2D eigenvalue weighted by Gasteiger charge is -2.37. The quantitative estimate of drug-likeness (QED) is 0.254. The number of hydrogen-bond acceptors (Lipinski definition) is 5. The topological polar surface area (TPSA) is 76.1 Å². The van der Waals surface area contributed by atoms with E-state index in [1.165, 1.54) is 0 Å². The van der Waals surface area contributed by atoms with Gasteiger partial charge in [0.05, 0.1) is 17.9 Å². The van der Waals surface area contributed by atoms with Gasteiger partial charge in [0.2, 0.25) is 11.8 Å². The summed E-state index contributed by atoms with van der Waals surface area (Å²) in [4.78, 5) is 32.4. The molecule has 0 saturated carbocycles. The first-order valence-electron chi connectivity index (χ1n) is 16.5. The Balaban J connectivity index is 0.000000189. The molecule has 2 fully saturated rings. The molecule has 2 N–H and O–H groups in total. The molecular formula is C39H45ClN4O3. The van der Waals surface area contributed by atoms with Crippen LogP contribution < -0.4 is 5.32 Å². The molecule has 4 aromatic rings. The number of hydrogen-bond donors (Lipinski definition) is 2. The largest absolute Gasteiger partial charge is 0.391 e. The van der Waals surface area contributed by atoms with Crippen molar-refractivity contribution in [3.8, 4) is 0 Å². The van der Waals surface area contributed by atoms with Crippen LogP contribution in [0.15, 0.2) is 121 Å². The molecule has 0 spiro atoms. The lowest BCUT2D eigenvalue weighted by atomic mass is 9.90. The monoisotopic (exact) mass is 652 g/mol. The Morgan fingerprint density at radius 1 is 0.574 bits per heavy atom. The lowest BCUT2D eigenvalue weighted by Crippen LogP contribution is -2.51. The third kappa shape index (κ3) is 9.52. The van der Waals surface area contributed by atoms with E-state index in [4.69, 9.17) is 11.6 Å². The average molecular weight is 653 g/mol. The number of piperazine rings is 2. The van der Waals surface area contributed by atoms with Crippen molar-refractivity contribution in [3.05, 3.63) is 144 Å². The zero-order valence-corrected chi connectivity index (χ0v) is 27.6. The molecule has 0 aromatic heterocycles. The molecule has 2 aliphatic heterocycles. The van der Waals surface area contributed by atoms with Gasteiger partial charge in [0.15, 0.2) is 0 Å². The summed E-state index contributed by atoms with van der Waals surface area (Å²) in [6.45, 7) is 6.75. The van der Waals surface area contributed by atoms with Crippen molar-refractivity contribution in [3.63, 3.8) is 0 Å². The Labute approximate surface area is 283 Å². The number of amides is 2. The Morgan fingerprint density at radius 3 is 1.26 bits per heavy atom. The van der Waals surface area contributed by atoms with Crippen LogP contribution >= 0.6 is 11.6 Å². The van der Waals surface area contributed by atoms with Crippen molar-refractivity contribution in [2.75, 3.05) is 64.8 Å². The lowest BCUT2D eigenvalue weighted by molar-refractivity contribution is -0.134. The van der Waals surface area contributed by atoms with Gasteiger partial charge in [-0.05, 0) is 22.3 Å². The first kappa shape index (κ1) is 34.3. The van der Waals surface area contributed by atoms with Gasteiger partial charge in [0.25, 0.3) is 0 Å². The van der Waals surface area contributed by atoms with Gasteiger partial charge in [-0.25, -0.2) is 0 Å². The average Bonchev–Trinajstić information content (AvgIpc) is 3.14. The third-order valence-corrected chi connectivity index (χ3v) is 9.14. The summed E-state index contributed by atoms with van der Waals surface area (Å²) in [6, 6.07) is 40.0. The van der Waals surface area contributed by atoms with Crippen molar-refractivity contribution >= 4 is 23.4 Å². The molecule has 7 nitrogen and oxygen atoms in total. The van der Waals surface area contributed by atoms with Crippen LogP contribution in [0.4, 0.5) is 0 Å². The summed E-state index contributed by atoms with van der Waals surface area (Å²) in [5.41, 5.74) is 4.16. The van der Waals surface area contributed by atoms with E-state index in [0.29, 0.717) is 19.6 Å². The second kappa shape index (κ2) is 17.8. The first-order chi connectivity index (χ1) is 23.0. The summed E-state index contributed by atoms with van der Waals surface area (Å²) < 4.78 is 0. The number of carbonyl (C=O) groups excluding carboxylic acids is 2. The number of β-amino-alcohol motifs (C(OH)–C–C–N with tert-alkyl or cyclic N) is 1. The van der Waals surface area contributed by atoms with Crippen molar-refractivity contribution < 1.29 is 14.7 Å². The van der Waals surface area contributed by atoms with Crippen LogP contribution in [0, 0.1) is 0 Å². The highest BCUT2D eigenvalue weighted by Crippen LogP contribution is 2.28. The van der Waals surface area contributed by atoms with Gasteiger partial charge in [0.1, 0.15) is 0 Å². The molecule has 1 atom stereocenters. The van der Waals surface area contributed by atoms with E-state index < -0.39 is 6.10 Å². The zero-order valence-electron chi connectivity index (χ0n) is 26.8. The fourth-order valence-electron chi connectivity index (χ4n) is 6.29. The van der Waals surface area contributed by atoms with E-state index in [1.807, 2.05) is 131 Å². The summed E-state index contributed by atoms with van der Waals surface area (Å²) in [5.74, 6) is 0.0974. The minimum Gasteiger partial charge on any atom is -0.391 e. The number of rotatable bonds is 9. The van der Waals surface area contributed by atoms with Gasteiger partial charge in [-0.2, -0.15) is 0 Å². The first-order valence-corrected chi connectivity index (χ1v) is 17.0. The Kier molecular flexibility index (Phi) is 13.0. The van der Waals surface area contributed by atoms with E-state index in [-0.39, 0.29) is 29.5 Å². The summed E-state index contributed by atoms with van der Waals surface area (Å²) in [6.07, 6.45) is -0.514. The van der Waals surface area contributed by atoms with Gasteiger partial charge < -0.3 is 20.2 Å². The smallest absolute Gasteiger partial charge is 0.234 e. The molecule has 2 aliphatic rings. The van der Waals surface area contributed by atoms with Gasteiger partial charge in [-0.15, -0.1) is 11.6 Å². The zero-order chi connectivity index (χ0) is 32.8. The van der Waals surface area contributed by atoms with Crippen LogP contribution in [0.25, 0.3) is 0 Å². The predicted octanol–water partition coefficient (Wildman–Crippen LogP) is 4.81. The maximum absolute atomic E-state index is 13.3. The number of aliphatic hydroxyl groups is 1. The van der Waals surface area contributed by atoms with Crippen LogP contribution in [0.2, 0.25) is 0 Å². The molecule has 2 saturated heterocycles. The fraction of sp³-hybridized carbons (Fsp3) is 0.333. The van der Waals surface area contributed by atoms with E-state index in [2.05, 4.69) is 10.2 Å². The van der Waals surface area contributed by atoms with Crippen molar-refractivity contribution in [2.45, 2.75) is 17.9 Å². The fourth-order valence-corrected chi connectivity index (χ4v) is 6.38. The Morgan fingerprint density at radius 2 is 0.915 bits per heavy atom. The molecule has 246 valence electrons. The van der Waals surface area contributed by atoms with E-state index in [9.17, 15) is 14.7 Å². The van der Waals surface area contributed by atoms with Crippen LogP contribution in [0.5, 0.6) is 0 Å². The Bertz CT molecular complexity index is 1420. The number of nitrogens with zero attached hydrogens (tertiary/aromatic N) is 3. The van der Waals surface area contributed by atoms with Crippen molar-refractivity contribution in [1.29, 1.82) is 0 Å². The minimum absolute atomic E-state index is 0.139. The number of benzene rings is 4. The molecule has 2 amide bonds. The van der Waals surface area contributed by atoms with Gasteiger partial charge in [-0.1, -0.05) is 121 Å². The molecule has 47 heavy (non-hydrogen) atoms. The number of aliphatic hydroxyl groups excluding tert-OH is 1. The third-order valence-electron chi connectivity index (χ3n) is 8.79. The molecule has 0 bridgehead atoms. The van der Waals surface area contributed by atoms with Crippen molar-refractivity contribution in [2.24, 2.45) is 0 Å². The van der Waals surface area contributed by atoms with E-state index in [0.717, 1.165) is 61.5 Å². The van der Waals surface area contributed by atoms with Crippen molar-refractivity contribution in [1.82, 2.24) is 20.0 Å². The Hall–Kier alpha value is -4.01. The molecular weight excluding hydrogens is 608 g/mol. The molecule has 0 radical (unpaired) electrons. The van der Waals surface area contributed by atoms with Gasteiger partial charge in [-0.3, -0.25) is 14.5 Å². The van der Waals surface area contributed by atoms with E-state index >= 15 is 0 Å². The SMILES string of the molecule is O=C(C(c1ccccc1)c1ccccc1)N1CCN(C[C@@H](O)CCl)CC1.O=C(C(c1ccccc1)c1ccccc1)N1CCNCC1. The molecule has 4 aromatic carbocycles. The van der Waals surface area contributed by atoms with Gasteiger partial charge in [0, 0.05) is 64.8 Å². The molecule has 2 heterocycles. The maximum Gasteiger partial charge on any atom is 0.234 e. The number of alkyl halides is 1. The summed E-state index contributed by atoms with van der Waals surface area (Å²) in [7, 11) is 0. The number of nitrogens with one attached hydrogen (secondary N) is 1. The van der Waals surface area contributed by atoms with Crippen LogP contribution in [-0.4, -0.2) is 103 Å².